The molecule has 0 spiro atoms. The lowest BCUT2D eigenvalue weighted by molar-refractivity contribution is -0.119. The molecule has 0 radical (unpaired) electrons. The van der Waals surface area contributed by atoms with E-state index in [-0.39, 0.29) is 18.2 Å². The summed E-state index contributed by atoms with van der Waals surface area (Å²) in [6.45, 7) is 2.11. The Labute approximate surface area is 161 Å². The van der Waals surface area contributed by atoms with Crippen LogP contribution in [-0.2, 0) is 4.79 Å². The van der Waals surface area contributed by atoms with Gasteiger partial charge in [0, 0.05) is 14.8 Å². The monoisotopic (exact) mass is 535 g/mol. The molecule has 0 heterocycles. The summed E-state index contributed by atoms with van der Waals surface area (Å²) in [6.07, 6.45) is 1.43. The number of phenols is 1. The molecule has 3 N–H and O–H groups in total. The molecule has 0 saturated heterocycles. The van der Waals surface area contributed by atoms with E-state index in [0.717, 1.165) is 18.4 Å². The number of carbonyl (C=O) groups excluding carboxylic acids is 1. The Hall–Kier alpha value is -1.36. The molecule has 23 heavy (non-hydrogen) atoms. The first-order valence-corrected chi connectivity index (χ1v) is 8.92. The van der Waals surface area contributed by atoms with Gasteiger partial charge in [-0.15, -0.1) is 0 Å². The van der Waals surface area contributed by atoms with E-state index in [1.807, 2.05) is 59.8 Å². The standard InChI is InChI=1S/C16H15I2N3O2/c1-10-3-2-4-13(5-10)19-9-15(22)21-20-8-11-6-12(17)7-14(18)16(11)23/h2-8,19,23H,9H2,1H3,(H,21,22)/b20-8+. The molecule has 0 bridgehead atoms. The van der Waals surface area contributed by atoms with Crippen molar-refractivity contribution in [1.29, 1.82) is 0 Å². The Balaban J connectivity index is 1.89. The minimum atomic E-state index is -0.262. The number of anilines is 1. The molecule has 7 heteroatoms. The zero-order valence-electron chi connectivity index (χ0n) is 12.3. The predicted molar refractivity (Wildman–Crippen MR) is 109 cm³/mol. The van der Waals surface area contributed by atoms with E-state index in [1.54, 1.807) is 6.07 Å². The number of rotatable bonds is 5. The number of hydrazone groups is 1. The maximum atomic E-state index is 11.8. The summed E-state index contributed by atoms with van der Waals surface area (Å²) in [5.74, 6) is -0.107. The summed E-state index contributed by atoms with van der Waals surface area (Å²) in [4.78, 5) is 11.8. The van der Waals surface area contributed by atoms with Gasteiger partial charge in [0.25, 0.3) is 5.91 Å². The molecule has 0 saturated carbocycles. The highest BCUT2D eigenvalue weighted by molar-refractivity contribution is 14.1. The molecule has 0 aliphatic carbocycles. The number of aromatic hydroxyl groups is 1. The number of phenolic OH excluding ortho intramolecular Hbond substituents is 1. The number of nitrogens with zero attached hydrogens (tertiary/aromatic N) is 1. The average Bonchev–Trinajstić information content (AvgIpc) is 2.50. The van der Waals surface area contributed by atoms with Crippen LogP contribution in [0.3, 0.4) is 0 Å². The van der Waals surface area contributed by atoms with Gasteiger partial charge in [0.2, 0.25) is 0 Å². The van der Waals surface area contributed by atoms with Crippen LogP contribution >= 0.6 is 45.2 Å². The van der Waals surface area contributed by atoms with Crippen molar-refractivity contribution < 1.29 is 9.90 Å². The number of amides is 1. The zero-order valence-corrected chi connectivity index (χ0v) is 16.6. The quantitative estimate of drug-likeness (QED) is 0.312. The van der Waals surface area contributed by atoms with Crippen molar-refractivity contribution in [2.45, 2.75) is 6.92 Å². The minimum absolute atomic E-state index is 0.122. The van der Waals surface area contributed by atoms with Crippen LogP contribution in [0.1, 0.15) is 11.1 Å². The third-order valence-corrected chi connectivity index (χ3v) is 4.37. The molecular formula is C16H15I2N3O2. The van der Waals surface area contributed by atoms with E-state index >= 15 is 0 Å². The van der Waals surface area contributed by atoms with Crippen LogP contribution in [0.25, 0.3) is 0 Å². The Kier molecular flexibility index (Phi) is 6.63. The van der Waals surface area contributed by atoms with Crippen molar-refractivity contribution in [3.05, 3.63) is 54.7 Å². The highest BCUT2D eigenvalue weighted by Crippen LogP contribution is 2.25. The van der Waals surface area contributed by atoms with Crippen molar-refractivity contribution >= 4 is 63.0 Å². The number of aryl methyl sites for hydroxylation is 1. The van der Waals surface area contributed by atoms with Gasteiger partial charge in [-0.2, -0.15) is 5.10 Å². The Morgan fingerprint density at radius 2 is 2.09 bits per heavy atom. The minimum Gasteiger partial charge on any atom is -0.506 e. The van der Waals surface area contributed by atoms with Crippen LogP contribution in [0.4, 0.5) is 5.69 Å². The van der Waals surface area contributed by atoms with Gasteiger partial charge in [-0.1, -0.05) is 12.1 Å². The largest absolute Gasteiger partial charge is 0.506 e. The molecule has 2 aromatic rings. The van der Waals surface area contributed by atoms with Crippen LogP contribution in [-0.4, -0.2) is 23.8 Å². The molecule has 0 unspecified atom stereocenters. The van der Waals surface area contributed by atoms with Gasteiger partial charge in [-0.05, 0) is 81.9 Å². The van der Waals surface area contributed by atoms with Crippen LogP contribution in [0.2, 0.25) is 0 Å². The number of halogens is 2. The maximum Gasteiger partial charge on any atom is 0.259 e. The molecule has 0 fully saturated rings. The van der Waals surface area contributed by atoms with Crippen molar-refractivity contribution in [2.75, 3.05) is 11.9 Å². The Morgan fingerprint density at radius 3 is 2.83 bits per heavy atom. The summed E-state index contributed by atoms with van der Waals surface area (Å²) >= 11 is 4.21. The fourth-order valence-corrected chi connectivity index (χ4v) is 3.72. The molecule has 0 aliphatic rings. The number of carbonyl (C=O) groups is 1. The van der Waals surface area contributed by atoms with Crippen LogP contribution < -0.4 is 10.7 Å². The maximum absolute atomic E-state index is 11.8. The summed E-state index contributed by atoms with van der Waals surface area (Å²) < 4.78 is 1.72. The molecule has 1 amide bonds. The SMILES string of the molecule is Cc1cccc(NCC(=O)N/N=C/c2cc(I)cc(I)c2O)c1. The summed E-state index contributed by atoms with van der Waals surface area (Å²) in [5, 5.41) is 16.8. The van der Waals surface area contributed by atoms with Gasteiger partial charge in [0.15, 0.2) is 0 Å². The van der Waals surface area contributed by atoms with Crippen LogP contribution in [0, 0.1) is 14.1 Å². The first kappa shape index (κ1) is 18.0. The topological polar surface area (TPSA) is 73.7 Å². The highest BCUT2D eigenvalue weighted by Gasteiger charge is 2.05. The van der Waals surface area contributed by atoms with E-state index in [0.29, 0.717) is 5.56 Å². The lowest BCUT2D eigenvalue weighted by Crippen LogP contribution is -2.25. The second-order valence-electron chi connectivity index (χ2n) is 4.84. The summed E-state index contributed by atoms with van der Waals surface area (Å²) in [5.41, 5.74) is 5.00. The first-order valence-electron chi connectivity index (χ1n) is 6.76. The summed E-state index contributed by atoms with van der Waals surface area (Å²) in [7, 11) is 0. The second kappa shape index (κ2) is 8.48. The average molecular weight is 535 g/mol. The van der Waals surface area contributed by atoms with Gasteiger partial charge in [0.1, 0.15) is 5.75 Å². The van der Waals surface area contributed by atoms with E-state index in [2.05, 4.69) is 38.4 Å². The van der Waals surface area contributed by atoms with Gasteiger partial charge < -0.3 is 10.4 Å². The lowest BCUT2D eigenvalue weighted by atomic mass is 10.2. The second-order valence-corrected chi connectivity index (χ2v) is 7.25. The van der Waals surface area contributed by atoms with Gasteiger partial charge in [-0.3, -0.25) is 4.79 Å². The van der Waals surface area contributed by atoms with Crippen molar-refractivity contribution in [2.24, 2.45) is 5.10 Å². The molecule has 5 nitrogen and oxygen atoms in total. The fourth-order valence-electron chi connectivity index (χ4n) is 1.84. The van der Waals surface area contributed by atoms with Crippen LogP contribution in [0.5, 0.6) is 5.75 Å². The lowest BCUT2D eigenvalue weighted by Gasteiger charge is -2.06. The third-order valence-electron chi connectivity index (χ3n) is 2.92. The molecular weight excluding hydrogens is 520 g/mol. The fraction of sp³-hybridized carbons (Fsp3) is 0.125. The molecule has 120 valence electrons. The third kappa shape index (κ3) is 5.65. The van der Waals surface area contributed by atoms with E-state index < -0.39 is 0 Å². The van der Waals surface area contributed by atoms with Crippen molar-refractivity contribution in [1.82, 2.24) is 5.43 Å². The molecule has 0 aliphatic heterocycles. The Morgan fingerprint density at radius 1 is 1.30 bits per heavy atom. The van der Waals surface area contributed by atoms with Gasteiger partial charge >= 0.3 is 0 Å². The van der Waals surface area contributed by atoms with Gasteiger partial charge in [0.05, 0.1) is 16.3 Å². The molecule has 2 aromatic carbocycles. The smallest absolute Gasteiger partial charge is 0.259 e. The van der Waals surface area contributed by atoms with E-state index in [9.17, 15) is 9.90 Å². The van der Waals surface area contributed by atoms with E-state index in [1.165, 1.54) is 6.21 Å². The van der Waals surface area contributed by atoms with Crippen LogP contribution in [0.15, 0.2) is 41.5 Å². The van der Waals surface area contributed by atoms with Gasteiger partial charge in [-0.25, -0.2) is 5.43 Å². The molecule has 0 atom stereocenters. The molecule has 2 rings (SSSR count). The van der Waals surface area contributed by atoms with E-state index in [4.69, 9.17) is 0 Å². The highest BCUT2D eigenvalue weighted by atomic mass is 127. The number of benzene rings is 2. The Bertz CT molecular complexity index is 748. The predicted octanol–water partition coefficient (Wildman–Crippen LogP) is 3.47. The number of hydrogen-bond donors (Lipinski definition) is 3. The van der Waals surface area contributed by atoms with Crippen molar-refractivity contribution in [3.8, 4) is 5.75 Å². The van der Waals surface area contributed by atoms with Crippen molar-refractivity contribution in [3.63, 3.8) is 0 Å². The first-order chi connectivity index (χ1) is 11.0. The number of nitrogens with one attached hydrogen (secondary N) is 2. The molecule has 0 aromatic heterocycles. The zero-order chi connectivity index (χ0) is 16.8. The normalized spacial score (nSPS) is 10.7. The summed E-state index contributed by atoms with van der Waals surface area (Å²) in [6, 6.07) is 11.4. The number of hydrogen-bond acceptors (Lipinski definition) is 4.